The van der Waals surface area contributed by atoms with E-state index in [1.54, 1.807) is 6.20 Å². The summed E-state index contributed by atoms with van der Waals surface area (Å²) in [7, 11) is 0. The molecule has 0 amide bonds. The van der Waals surface area contributed by atoms with E-state index in [0.717, 1.165) is 59.4 Å². The normalized spacial score (nSPS) is 11.2. The molecule has 0 radical (unpaired) electrons. The largest absolute Gasteiger partial charge is 0.493 e. The number of hydrogen-bond donors (Lipinski definition) is 1. The predicted molar refractivity (Wildman–Crippen MR) is 122 cm³/mol. The van der Waals surface area contributed by atoms with Gasteiger partial charge in [0.15, 0.2) is 11.6 Å². The summed E-state index contributed by atoms with van der Waals surface area (Å²) in [5.41, 5.74) is 9.43. The first-order chi connectivity index (χ1) is 16.1. The van der Waals surface area contributed by atoms with Crippen LogP contribution in [0.1, 0.15) is 35.4 Å². The van der Waals surface area contributed by atoms with Crippen LogP contribution >= 0.6 is 0 Å². The molecular formula is C26H26F2N2O3. The van der Waals surface area contributed by atoms with Crippen LogP contribution in [0.15, 0.2) is 59.1 Å². The summed E-state index contributed by atoms with van der Waals surface area (Å²) in [6.07, 6.45) is 4.45. The third-order valence-corrected chi connectivity index (χ3v) is 5.54. The van der Waals surface area contributed by atoms with Crippen LogP contribution in [0.4, 0.5) is 8.78 Å². The molecule has 172 valence electrons. The molecule has 5 nitrogen and oxygen atoms in total. The van der Waals surface area contributed by atoms with E-state index in [9.17, 15) is 8.78 Å². The van der Waals surface area contributed by atoms with E-state index in [0.29, 0.717) is 24.5 Å². The van der Waals surface area contributed by atoms with E-state index in [4.69, 9.17) is 19.6 Å². The fraction of sp³-hybridized carbons (Fsp3) is 0.269. The molecule has 0 bridgehead atoms. The van der Waals surface area contributed by atoms with Crippen LogP contribution in [0, 0.1) is 18.6 Å². The molecule has 0 saturated heterocycles. The van der Waals surface area contributed by atoms with Crippen LogP contribution in [-0.2, 0) is 19.6 Å². The quantitative estimate of drug-likeness (QED) is 0.306. The van der Waals surface area contributed by atoms with Crippen molar-refractivity contribution in [1.82, 2.24) is 4.98 Å². The number of rotatable bonds is 10. The number of hydrogen-bond acceptors (Lipinski definition) is 5. The molecule has 2 aromatic heterocycles. The molecule has 2 N–H and O–H groups in total. The van der Waals surface area contributed by atoms with Crippen LogP contribution < -0.4 is 15.2 Å². The van der Waals surface area contributed by atoms with Crippen molar-refractivity contribution in [1.29, 1.82) is 0 Å². The Hall–Kier alpha value is -3.45. The summed E-state index contributed by atoms with van der Waals surface area (Å²) in [5, 5.41) is 0.867. The molecule has 0 aliphatic carbocycles. The minimum absolute atomic E-state index is 0.0239. The molecule has 0 saturated carbocycles. The highest BCUT2D eigenvalue weighted by molar-refractivity contribution is 5.88. The number of nitrogens with zero attached hydrogens (tertiary/aromatic N) is 1. The van der Waals surface area contributed by atoms with Gasteiger partial charge in [0.05, 0.1) is 12.0 Å². The monoisotopic (exact) mass is 452 g/mol. The molecule has 4 rings (SSSR count). The van der Waals surface area contributed by atoms with Gasteiger partial charge in [-0.3, -0.25) is 4.98 Å². The van der Waals surface area contributed by atoms with E-state index < -0.39 is 11.6 Å². The molecule has 0 aliphatic heterocycles. The van der Waals surface area contributed by atoms with E-state index in [-0.39, 0.29) is 12.4 Å². The lowest BCUT2D eigenvalue weighted by molar-refractivity contribution is 0.260. The van der Waals surface area contributed by atoms with Crippen molar-refractivity contribution in [2.75, 3.05) is 6.61 Å². The lowest BCUT2D eigenvalue weighted by Crippen LogP contribution is -2.05. The molecule has 7 heteroatoms. The number of aryl methyl sites for hydroxylation is 2. The molecule has 4 aromatic rings. The highest BCUT2D eigenvalue weighted by Crippen LogP contribution is 2.34. The first-order valence-corrected chi connectivity index (χ1v) is 10.9. The highest BCUT2D eigenvalue weighted by Gasteiger charge is 2.16. The van der Waals surface area contributed by atoms with Gasteiger partial charge >= 0.3 is 0 Å². The van der Waals surface area contributed by atoms with Crippen LogP contribution in [0.5, 0.6) is 11.5 Å². The third kappa shape index (κ3) is 5.31. The number of nitrogens with two attached hydrogens (primary N) is 1. The number of aromatic nitrogens is 1. The maximum Gasteiger partial charge on any atom is 0.167 e. The second-order valence-electron chi connectivity index (χ2n) is 7.76. The smallest absolute Gasteiger partial charge is 0.167 e. The SMILES string of the molecule is Cc1c(COc2ccc(F)cc2F)oc2cccc(OCCCCc3ncccc3CN)c12. The topological polar surface area (TPSA) is 70.5 Å². The average molecular weight is 453 g/mol. The second kappa shape index (κ2) is 10.4. The van der Waals surface area contributed by atoms with Crippen molar-refractivity contribution in [3.63, 3.8) is 0 Å². The number of benzene rings is 2. The van der Waals surface area contributed by atoms with E-state index >= 15 is 0 Å². The van der Waals surface area contributed by atoms with Gasteiger partial charge in [0.1, 0.15) is 29.5 Å². The minimum Gasteiger partial charge on any atom is -0.493 e. The maximum atomic E-state index is 13.8. The van der Waals surface area contributed by atoms with Gasteiger partial charge < -0.3 is 19.6 Å². The van der Waals surface area contributed by atoms with Gasteiger partial charge in [-0.15, -0.1) is 0 Å². The molecule has 0 atom stereocenters. The van der Waals surface area contributed by atoms with E-state index in [2.05, 4.69) is 4.98 Å². The summed E-state index contributed by atoms with van der Waals surface area (Å²) in [6.45, 7) is 2.98. The van der Waals surface area contributed by atoms with Crippen molar-refractivity contribution in [3.8, 4) is 11.5 Å². The van der Waals surface area contributed by atoms with Crippen molar-refractivity contribution >= 4 is 11.0 Å². The minimum atomic E-state index is -0.753. The Morgan fingerprint density at radius 3 is 2.70 bits per heavy atom. The number of pyridine rings is 1. The Morgan fingerprint density at radius 1 is 1.00 bits per heavy atom. The summed E-state index contributed by atoms with van der Waals surface area (Å²) < 4.78 is 44.4. The third-order valence-electron chi connectivity index (χ3n) is 5.54. The Balaban J connectivity index is 1.37. The number of unbranched alkanes of at least 4 members (excludes halogenated alkanes) is 1. The molecule has 2 heterocycles. The molecule has 0 unspecified atom stereocenters. The zero-order valence-electron chi connectivity index (χ0n) is 18.4. The highest BCUT2D eigenvalue weighted by atomic mass is 19.1. The van der Waals surface area contributed by atoms with Gasteiger partial charge in [0.25, 0.3) is 0 Å². The Bertz CT molecular complexity index is 1240. The van der Waals surface area contributed by atoms with E-state index in [1.807, 2.05) is 37.3 Å². The van der Waals surface area contributed by atoms with Crippen molar-refractivity contribution in [2.45, 2.75) is 39.3 Å². The van der Waals surface area contributed by atoms with Crippen LogP contribution in [-0.4, -0.2) is 11.6 Å². The van der Waals surface area contributed by atoms with Gasteiger partial charge in [0.2, 0.25) is 0 Å². The summed E-state index contributed by atoms with van der Waals surface area (Å²) in [5.74, 6) is -0.139. The average Bonchev–Trinajstić information content (AvgIpc) is 3.14. The maximum absolute atomic E-state index is 13.8. The zero-order chi connectivity index (χ0) is 23.2. The molecule has 33 heavy (non-hydrogen) atoms. The molecular weight excluding hydrogens is 426 g/mol. The van der Waals surface area contributed by atoms with Crippen molar-refractivity contribution in [3.05, 3.63) is 88.9 Å². The number of furan rings is 1. The lowest BCUT2D eigenvalue weighted by Gasteiger charge is -2.09. The fourth-order valence-electron chi connectivity index (χ4n) is 3.77. The number of halogens is 2. The van der Waals surface area contributed by atoms with Crippen LogP contribution in [0.3, 0.4) is 0 Å². The standard InChI is InChI=1S/C26H26F2N2O3/c1-17-25(16-32-22-11-10-19(27)14-20(22)28)33-24-9-4-8-23(26(17)24)31-13-3-2-7-21-18(15-29)6-5-12-30-21/h4-6,8-12,14H,2-3,7,13,15-16,29H2,1H3. The van der Waals surface area contributed by atoms with Gasteiger partial charge in [-0.2, -0.15) is 0 Å². The molecule has 2 aromatic carbocycles. The van der Waals surface area contributed by atoms with Gasteiger partial charge in [-0.05, 0) is 62.1 Å². The number of ether oxygens (including phenoxy) is 2. The fourth-order valence-corrected chi connectivity index (χ4v) is 3.77. The molecule has 0 aliphatic rings. The Morgan fingerprint density at radius 2 is 1.88 bits per heavy atom. The first kappa shape index (κ1) is 22.7. The predicted octanol–water partition coefficient (Wildman–Crippen LogP) is 5.85. The van der Waals surface area contributed by atoms with Gasteiger partial charge in [-0.1, -0.05) is 12.1 Å². The van der Waals surface area contributed by atoms with E-state index in [1.165, 1.54) is 6.07 Å². The Kier molecular flexibility index (Phi) is 7.19. The summed E-state index contributed by atoms with van der Waals surface area (Å²) in [4.78, 5) is 4.42. The Labute approximate surface area is 191 Å². The lowest BCUT2D eigenvalue weighted by atomic mass is 10.1. The van der Waals surface area contributed by atoms with Gasteiger partial charge in [-0.25, -0.2) is 8.78 Å². The van der Waals surface area contributed by atoms with Crippen LogP contribution in [0.2, 0.25) is 0 Å². The number of fused-ring (bicyclic) bond motifs is 1. The van der Waals surface area contributed by atoms with Crippen molar-refractivity contribution in [2.24, 2.45) is 5.73 Å². The summed E-state index contributed by atoms with van der Waals surface area (Å²) in [6, 6.07) is 12.7. The molecule has 0 fully saturated rings. The zero-order valence-corrected chi connectivity index (χ0v) is 18.4. The second-order valence-corrected chi connectivity index (χ2v) is 7.76. The van der Waals surface area contributed by atoms with Crippen LogP contribution in [0.25, 0.3) is 11.0 Å². The molecule has 0 spiro atoms. The first-order valence-electron chi connectivity index (χ1n) is 10.9. The van der Waals surface area contributed by atoms with Gasteiger partial charge in [0, 0.05) is 30.1 Å². The van der Waals surface area contributed by atoms with Crippen molar-refractivity contribution < 1.29 is 22.7 Å². The summed E-state index contributed by atoms with van der Waals surface area (Å²) >= 11 is 0.